The van der Waals surface area contributed by atoms with Gasteiger partial charge in [0.1, 0.15) is 11.3 Å². The van der Waals surface area contributed by atoms with Crippen molar-refractivity contribution in [3.63, 3.8) is 0 Å². The number of benzene rings is 1. The Morgan fingerprint density at radius 2 is 1.92 bits per heavy atom. The highest BCUT2D eigenvalue weighted by Crippen LogP contribution is 2.38. The Morgan fingerprint density at radius 3 is 2.67 bits per heavy atom. The van der Waals surface area contributed by atoms with Gasteiger partial charge in [0.25, 0.3) is 0 Å². The number of halogens is 2. The van der Waals surface area contributed by atoms with Gasteiger partial charge < -0.3 is 21.5 Å². The van der Waals surface area contributed by atoms with Crippen molar-refractivity contribution in [1.82, 2.24) is 19.5 Å². The summed E-state index contributed by atoms with van der Waals surface area (Å²) in [5.74, 6) is -0.0411. The first-order valence-electron chi connectivity index (χ1n) is 12.6. The Kier molecular flexibility index (Phi) is 7.25. The van der Waals surface area contributed by atoms with E-state index in [1.165, 1.54) is 6.07 Å². The van der Waals surface area contributed by atoms with Crippen molar-refractivity contribution >= 4 is 46.3 Å². The van der Waals surface area contributed by atoms with Crippen LogP contribution in [0.25, 0.3) is 11.2 Å². The molecule has 2 fully saturated rings. The molecule has 2 aliphatic rings. The summed E-state index contributed by atoms with van der Waals surface area (Å²) < 4.78 is 16.6. The number of nitrogens with two attached hydrogens (primary N) is 1. The van der Waals surface area contributed by atoms with Gasteiger partial charge in [-0.05, 0) is 57.1 Å². The normalized spacial score (nSPS) is 24.9. The summed E-state index contributed by atoms with van der Waals surface area (Å²) in [4.78, 5) is 25.7. The summed E-state index contributed by atoms with van der Waals surface area (Å²) in [6.45, 7) is 0. The van der Waals surface area contributed by atoms with E-state index in [0.717, 1.165) is 25.7 Å². The van der Waals surface area contributed by atoms with Crippen molar-refractivity contribution < 1.29 is 14.3 Å². The average molecular weight is 516 g/mol. The van der Waals surface area contributed by atoms with Gasteiger partial charge in [-0.1, -0.05) is 30.5 Å². The second kappa shape index (κ2) is 10.6. The molecule has 36 heavy (non-hydrogen) atoms. The first-order chi connectivity index (χ1) is 17.4. The molecule has 0 bridgehead atoms. The van der Waals surface area contributed by atoms with E-state index in [-0.39, 0.29) is 40.7 Å². The molecule has 2 heterocycles. The van der Waals surface area contributed by atoms with Crippen molar-refractivity contribution in [2.75, 3.05) is 10.6 Å². The fraction of sp³-hybridized carbons (Fsp3) is 0.520. The second-order valence-electron chi connectivity index (χ2n) is 9.85. The van der Waals surface area contributed by atoms with E-state index < -0.39 is 5.82 Å². The Hall–Kier alpha value is -2.98. The predicted octanol–water partition coefficient (Wildman–Crippen LogP) is 4.68. The smallest absolute Gasteiger partial charge is 0.224 e. The van der Waals surface area contributed by atoms with Crippen LogP contribution in [-0.4, -0.2) is 42.7 Å². The monoisotopic (exact) mass is 515 g/mol. The van der Waals surface area contributed by atoms with Gasteiger partial charge in [0.15, 0.2) is 5.65 Å². The quantitative estimate of drug-likeness (QED) is 0.350. The number of carbonyl (C=O) groups excluding carboxylic acids is 1. The Bertz CT molecular complexity index is 1220. The van der Waals surface area contributed by atoms with Crippen LogP contribution < -0.4 is 16.4 Å². The van der Waals surface area contributed by atoms with Crippen molar-refractivity contribution in [2.45, 2.75) is 76.0 Å². The highest BCUT2D eigenvalue weighted by molar-refractivity contribution is 6.33. The first-order valence-corrected chi connectivity index (χ1v) is 13.0. The number of aliphatic hydroxyl groups is 1. The van der Waals surface area contributed by atoms with Crippen LogP contribution in [0.5, 0.6) is 0 Å². The fourth-order valence-electron chi connectivity index (χ4n) is 5.39. The van der Waals surface area contributed by atoms with Gasteiger partial charge in [-0.2, -0.15) is 4.98 Å². The van der Waals surface area contributed by atoms with Crippen molar-refractivity contribution in [2.24, 2.45) is 11.7 Å². The van der Waals surface area contributed by atoms with Gasteiger partial charge in [0, 0.05) is 18.0 Å². The minimum Gasteiger partial charge on any atom is -0.393 e. The topological polar surface area (TPSA) is 131 Å². The number of amides is 1. The molecule has 9 nitrogen and oxygen atoms in total. The molecule has 2 saturated carbocycles. The second-order valence-corrected chi connectivity index (χ2v) is 10.3. The molecule has 5 N–H and O–H groups in total. The third kappa shape index (κ3) is 5.24. The molecule has 0 unspecified atom stereocenters. The molecule has 3 aromatic rings. The third-order valence-corrected chi connectivity index (χ3v) is 7.64. The molecule has 2 aromatic heterocycles. The van der Waals surface area contributed by atoms with Crippen molar-refractivity contribution in [3.05, 3.63) is 35.2 Å². The van der Waals surface area contributed by atoms with E-state index in [4.69, 9.17) is 22.3 Å². The minimum atomic E-state index is -0.487. The van der Waals surface area contributed by atoms with E-state index in [1.807, 2.05) is 4.57 Å². The lowest BCUT2D eigenvalue weighted by molar-refractivity contribution is -0.122. The molecular weight excluding hydrogens is 485 g/mol. The molecule has 192 valence electrons. The zero-order valence-corrected chi connectivity index (χ0v) is 20.7. The first kappa shape index (κ1) is 24.7. The van der Waals surface area contributed by atoms with E-state index >= 15 is 0 Å². The molecule has 2 atom stereocenters. The van der Waals surface area contributed by atoms with Crippen LogP contribution in [0.2, 0.25) is 5.02 Å². The Labute approximate surface area is 213 Å². The number of imidazole rings is 1. The van der Waals surface area contributed by atoms with E-state index in [9.17, 15) is 14.3 Å². The van der Waals surface area contributed by atoms with E-state index in [2.05, 4.69) is 20.6 Å². The number of rotatable bonds is 6. The Balaban J connectivity index is 1.50. The maximum atomic E-state index is 14.6. The van der Waals surface area contributed by atoms with Crippen molar-refractivity contribution in [1.29, 1.82) is 0 Å². The van der Waals surface area contributed by atoms with Crippen LogP contribution in [0.15, 0.2) is 24.4 Å². The maximum Gasteiger partial charge on any atom is 0.224 e. The lowest BCUT2D eigenvalue weighted by Crippen LogP contribution is -2.29. The number of aromatic nitrogens is 4. The lowest BCUT2D eigenvalue weighted by atomic mass is 9.85. The van der Waals surface area contributed by atoms with E-state index in [1.54, 1.807) is 18.3 Å². The number of anilines is 3. The minimum absolute atomic E-state index is 0.0129. The maximum absolute atomic E-state index is 14.6. The van der Waals surface area contributed by atoms with Crippen LogP contribution in [0.4, 0.5) is 22.0 Å². The fourth-order valence-corrected chi connectivity index (χ4v) is 5.60. The molecule has 0 spiro atoms. The van der Waals surface area contributed by atoms with Crippen molar-refractivity contribution in [3.8, 4) is 0 Å². The van der Waals surface area contributed by atoms with Gasteiger partial charge in [0.2, 0.25) is 17.8 Å². The summed E-state index contributed by atoms with van der Waals surface area (Å²) in [6.07, 6.45) is 8.50. The highest BCUT2D eigenvalue weighted by atomic mass is 35.5. The number of para-hydroxylation sites is 1. The summed E-state index contributed by atoms with van der Waals surface area (Å²) in [7, 11) is 0. The number of primary amides is 1. The third-order valence-electron chi connectivity index (χ3n) is 7.33. The molecule has 0 aliphatic heterocycles. The van der Waals surface area contributed by atoms with Crippen LogP contribution in [0.3, 0.4) is 0 Å². The summed E-state index contributed by atoms with van der Waals surface area (Å²) in [5, 5.41) is 16.9. The van der Waals surface area contributed by atoms with Gasteiger partial charge in [0.05, 0.1) is 23.0 Å². The number of hydrogen-bond donors (Lipinski definition) is 4. The largest absolute Gasteiger partial charge is 0.393 e. The zero-order valence-electron chi connectivity index (χ0n) is 20.0. The van der Waals surface area contributed by atoms with E-state index in [0.29, 0.717) is 55.2 Å². The molecular formula is C25H31ClFN7O2. The predicted molar refractivity (Wildman–Crippen MR) is 137 cm³/mol. The van der Waals surface area contributed by atoms with Gasteiger partial charge in [-0.25, -0.2) is 14.4 Å². The molecule has 0 radical (unpaired) electrons. The number of nitrogens with zero attached hydrogens (tertiary/aromatic N) is 4. The van der Waals surface area contributed by atoms with Gasteiger partial charge >= 0.3 is 0 Å². The summed E-state index contributed by atoms with van der Waals surface area (Å²) >= 11 is 6.28. The molecule has 11 heteroatoms. The molecule has 1 aromatic carbocycles. The molecule has 5 rings (SSSR count). The van der Waals surface area contributed by atoms with Crippen LogP contribution in [0.1, 0.15) is 63.8 Å². The van der Waals surface area contributed by atoms with Crippen LogP contribution in [0, 0.1) is 11.7 Å². The SMILES string of the molecule is NC(=O)[C@H]1CC[C@@H](n2c(Nc3c(F)cccc3Cl)nc3cnc(N[C@@H]4CCCC[C@H](O)C4)nc32)CC1. The number of fused-ring (bicyclic) bond motifs is 1. The molecule has 0 saturated heterocycles. The number of aliphatic hydroxyl groups excluding tert-OH is 1. The van der Waals surface area contributed by atoms with Gasteiger partial charge in [-0.3, -0.25) is 9.36 Å². The highest BCUT2D eigenvalue weighted by Gasteiger charge is 2.30. The zero-order chi connectivity index (χ0) is 25.2. The lowest BCUT2D eigenvalue weighted by Gasteiger charge is -2.29. The average Bonchev–Trinajstić information content (AvgIpc) is 3.08. The standard InChI is InChI=1S/C25H31ClFN7O2/c26-18-6-3-7-19(27)21(18)32-25-31-20-13-29-24(30-15-4-1-2-5-17(35)12-15)33-23(20)34(25)16-10-8-14(9-11-16)22(28)36/h3,6-7,13-17,35H,1-2,4-5,8-12H2,(H2,28,36)(H,31,32)(H,29,30,33)/t14-,15-,16+,17+/m1/s1. The summed E-state index contributed by atoms with van der Waals surface area (Å²) in [6, 6.07) is 4.56. The van der Waals surface area contributed by atoms with Gasteiger partial charge in [-0.15, -0.1) is 0 Å². The number of hydrogen-bond acceptors (Lipinski definition) is 7. The number of nitrogens with one attached hydrogen (secondary N) is 2. The van der Waals surface area contributed by atoms with Crippen LogP contribution >= 0.6 is 11.6 Å². The Morgan fingerprint density at radius 1 is 1.14 bits per heavy atom. The summed E-state index contributed by atoms with van der Waals surface area (Å²) in [5.41, 5.74) is 6.86. The molecule has 1 amide bonds. The van der Waals surface area contributed by atoms with Crippen LogP contribution in [-0.2, 0) is 4.79 Å². The molecule has 2 aliphatic carbocycles. The number of carbonyl (C=O) groups is 1.